The summed E-state index contributed by atoms with van der Waals surface area (Å²) in [6.07, 6.45) is 8.39. The van der Waals surface area contributed by atoms with Crippen LogP contribution in [0.3, 0.4) is 0 Å². The third kappa shape index (κ3) is 5.39. The van der Waals surface area contributed by atoms with Crippen LogP contribution in [0.15, 0.2) is 0 Å². The van der Waals surface area contributed by atoms with E-state index in [1.165, 1.54) is 38.5 Å². The SMILES string of the molecule is CCCCCCCCC(C)(C(C)O)C(C)(C)N. The number of nitrogens with two attached hydrogens (primary N) is 1. The van der Waals surface area contributed by atoms with Gasteiger partial charge in [0.05, 0.1) is 6.10 Å². The molecule has 2 heteroatoms. The van der Waals surface area contributed by atoms with Gasteiger partial charge >= 0.3 is 0 Å². The van der Waals surface area contributed by atoms with E-state index in [0.29, 0.717) is 0 Å². The van der Waals surface area contributed by atoms with Gasteiger partial charge < -0.3 is 10.8 Å². The molecule has 2 unspecified atom stereocenters. The van der Waals surface area contributed by atoms with Crippen LogP contribution in [0, 0.1) is 5.41 Å². The van der Waals surface area contributed by atoms with E-state index < -0.39 is 0 Å². The van der Waals surface area contributed by atoms with Gasteiger partial charge in [-0.3, -0.25) is 0 Å². The zero-order valence-electron chi connectivity index (χ0n) is 12.6. The molecule has 0 aromatic carbocycles. The Balaban J connectivity index is 4.04. The Morgan fingerprint density at radius 3 is 1.88 bits per heavy atom. The normalized spacial score (nSPS) is 17.8. The number of unbranched alkanes of at least 4 members (excludes halogenated alkanes) is 5. The Morgan fingerprint density at radius 2 is 1.47 bits per heavy atom. The highest BCUT2D eigenvalue weighted by atomic mass is 16.3. The van der Waals surface area contributed by atoms with E-state index >= 15 is 0 Å². The molecule has 104 valence electrons. The first-order valence-corrected chi connectivity index (χ1v) is 7.22. The van der Waals surface area contributed by atoms with Gasteiger partial charge in [0.25, 0.3) is 0 Å². The molecule has 0 radical (unpaired) electrons. The Labute approximate surface area is 108 Å². The quantitative estimate of drug-likeness (QED) is 0.604. The van der Waals surface area contributed by atoms with E-state index in [1.807, 2.05) is 20.8 Å². The molecule has 2 nitrogen and oxygen atoms in total. The number of rotatable bonds is 9. The van der Waals surface area contributed by atoms with Crippen molar-refractivity contribution in [1.82, 2.24) is 0 Å². The first-order valence-electron chi connectivity index (χ1n) is 7.22. The summed E-state index contributed by atoms with van der Waals surface area (Å²) in [5.41, 5.74) is 5.71. The van der Waals surface area contributed by atoms with E-state index in [-0.39, 0.29) is 17.1 Å². The Bertz CT molecular complexity index is 196. The van der Waals surface area contributed by atoms with Gasteiger partial charge in [0, 0.05) is 11.0 Å². The zero-order valence-corrected chi connectivity index (χ0v) is 12.6. The number of hydrogen-bond acceptors (Lipinski definition) is 2. The Hall–Kier alpha value is -0.0800. The molecule has 0 amide bonds. The van der Waals surface area contributed by atoms with Crippen LogP contribution in [0.25, 0.3) is 0 Å². The molecule has 0 spiro atoms. The minimum absolute atomic E-state index is 0.183. The monoisotopic (exact) mass is 243 g/mol. The highest BCUT2D eigenvalue weighted by Gasteiger charge is 2.41. The minimum atomic E-state index is -0.349. The molecule has 0 fully saturated rings. The van der Waals surface area contributed by atoms with E-state index in [4.69, 9.17) is 5.73 Å². The molecule has 2 atom stereocenters. The zero-order chi connectivity index (χ0) is 13.5. The topological polar surface area (TPSA) is 46.2 Å². The highest BCUT2D eigenvalue weighted by molar-refractivity contribution is 4.96. The lowest BCUT2D eigenvalue weighted by Crippen LogP contribution is -2.54. The average Bonchev–Trinajstić information content (AvgIpc) is 2.20. The van der Waals surface area contributed by atoms with Crippen LogP contribution in [0.2, 0.25) is 0 Å². The smallest absolute Gasteiger partial charge is 0.0583 e. The summed E-state index contributed by atoms with van der Waals surface area (Å²) in [5.74, 6) is 0. The van der Waals surface area contributed by atoms with Crippen LogP contribution in [-0.2, 0) is 0 Å². The van der Waals surface area contributed by atoms with E-state index in [2.05, 4.69) is 13.8 Å². The molecule has 0 saturated carbocycles. The molecule has 0 aliphatic rings. The molecule has 0 aliphatic heterocycles. The van der Waals surface area contributed by atoms with Crippen molar-refractivity contribution in [3.8, 4) is 0 Å². The molecule has 0 bridgehead atoms. The van der Waals surface area contributed by atoms with Gasteiger partial charge in [-0.2, -0.15) is 0 Å². The van der Waals surface area contributed by atoms with Crippen molar-refractivity contribution in [3.05, 3.63) is 0 Å². The van der Waals surface area contributed by atoms with Crippen molar-refractivity contribution in [3.63, 3.8) is 0 Å². The molecule has 0 saturated heterocycles. The van der Waals surface area contributed by atoms with Crippen molar-refractivity contribution >= 4 is 0 Å². The van der Waals surface area contributed by atoms with Gasteiger partial charge in [-0.15, -0.1) is 0 Å². The Kier molecular flexibility index (Phi) is 7.34. The first kappa shape index (κ1) is 16.9. The van der Waals surface area contributed by atoms with Gasteiger partial charge in [-0.05, 0) is 27.2 Å². The van der Waals surface area contributed by atoms with Crippen molar-refractivity contribution < 1.29 is 5.11 Å². The number of hydrogen-bond donors (Lipinski definition) is 2. The van der Waals surface area contributed by atoms with Crippen LogP contribution in [0.4, 0.5) is 0 Å². The van der Waals surface area contributed by atoms with Crippen molar-refractivity contribution in [2.45, 2.75) is 91.2 Å². The van der Waals surface area contributed by atoms with E-state index in [9.17, 15) is 5.11 Å². The van der Waals surface area contributed by atoms with Crippen LogP contribution < -0.4 is 5.73 Å². The summed E-state index contributed by atoms with van der Waals surface area (Å²) >= 11 is 0. The lowest BCUT2D eigenvalue weighted by atomic mass is 9.67. The summed E-state index contributed by atoms with van der Waals surface area (Å²) < 4.78 is 0. The molecular formula is C15H33NO. The van der Waals surface area contributed by atoms with Gasteiger partial charge in [-0.1, -0.05) is 52.4 Å². The molecule has 0 rings (SSSR count). The van der Waals surface area contributed by atoms with E-state index in [0.717, 1.165) is 6.42 Å². The summed E-state index contributed by atoms with van der Waals surface area (Å²) in [7, 11) is 0. The van der Waals surface area contributed by atoms with Gasteiger partial charge in [-0.25, -0.2) is 0 Å². The lowest BCUT2D eigenvalue weighted by Gasteiger charge is -2.44. The van der Waals surface area contributed by atoms with Crippen LogP contribution in [0.1, 0.15) is 79.6 Å². The lowest BCUT2D eigenvalue weighted by molar-refractivity contribution is -0.00613. The summed E-state index contributed by atoms with van der Waals surface area (Å²) in [6.45, 7) is 10.3. The fraction of sp³-hybridized carbons (Fsp3) is 1.00. The summed E-state index contributed by atoms with van der Waals surface area (Å²) in [6, 6.07) is 0. The second-order valence-electron chi connectivity index (χ2n) is 6.33. The van der Waals surface area contributed by atoms with Gasteiger partial charge in [0.15, 0.2) is 0 Å². The third-order valence-electron chi connectivity index (χ3n) is 4.44. The highest BCUT2D eigenvalue weighted by Crippen LogP contribution is 2.38. The Morgan fingerprint density at radius 1 is 1.00 bits per heavy atom. The van der Waals surface area contributed by atoms with Crippen molar-refractivity contribution in [2.75, 3.05) is 0 Å². The maximum absolute atomic E-state index is 9.97. The van der Waals surface area contributed by atoms with Crippen LogP contribution >= 0.6 is 0 Å². The van der Waals surface area contributed by atoms with Crippen LogP contribution in [0.5, 0.6) is 0 Å². The van der Waals surface area contributed by atoms with Crippen molar-refractivity contribution in [2.24, 2.45) is 11.1 Å². The van der Waals surface area contributed by atoms with E-state index in [1.54, 1.807) is 0 Å². The molecule has 0 aromatic heterocycles. The fourth-order valence-electron chi connectivity index (χ4n) is 2.34. The molecular weight excluding hydrogens is 210 g/mol. The van der Waals surface area contributed by atoms with Crippen molar-refractivity contribution in [1.29, 1.82) is 0 Å². The number of aliphatic hydroxyl groups is 1. The minimum Gasteiger partial charge on any atom is -0.393 e. The third-order valence-corrected chi connectivity index (χ3v) is 4.44. The predicted molar refractivity (Wildman–Crippen MR) is 76.0 cm³/mol. The summed E-state index contributed by atoms with van der Waals surface area (Å²) in [5, 5.41) is 9.97. The second-order valence-corrected chi connectivity index (χ2v) is 6.33. The number of aliphatic hydroxyl groups excluding tert-OH is 1. The van der Waals surface area contributed by atoms with Crippen LogP contribution in [-0.4, -0.2) is 16.7 Å². The molecule has 17 heavy (non-hydrogen) atoms. The largest absolute Gasteiger partial charge is 0.393 e. The van der Waals surface area contributed by atoms with Gasteiger partial charge in [0.1, 0.15) is 0 Å². The standard InChI is InChI=1S/C15H33NO/c1-6-7-8-9-10-11-12-15(5,13(2)17)14(3,4)16/h13,17H,6-12,16H2,1-5H3. The molecule has 3 N–H and O–H groups in total. The fourth-order valence-corrected chi connectivity index (χ4v) is 2.34. The molecule has 0 aliphatic carbocycles. The molecule has 0 heterocycles. The first-order chi connectivity index (χ1) is 7.75. The average molecular weight is 243 g/mol. The molecule has 0 aromatic rings. The maximum Gasteiger partial charge on any atom is 0.0583 e. The maximum atomic E-state index is 9.97. The second kappa shape index (κ2) is 7.38. The van der Waals surface area contributed by atoms with Gasteiger partial charge in [0.2, 0.25) is 0 Å². The summed E-state index contributed by atoms with van der Waals surface area (Å²) in [4.78, 5) is 0. The predicted octanol–water partition coefficient (Wildman–Crippen LogP) is 3.86.